The summed E-state index contributed by atoms with van der Waals surface area (Å²) in [5, 5.41) is 1.22. The van der Waals surface area contributed by atoms with Crippen LogP contribution in [0.4, 0.5) is 0 Å². The third-order valence-corrected chi connectivity index (χ3v) is 4.23. The molecule has 1 fully saturated rings. The molecule has 84 valence electrons. The van der Waals surface area contributed by atoms with Crippen LogP contribution in [0.15, 0.2) is 24.5 Å². The molecule has 1 aliphatic carbocycles. The van der Waals surface area contributed by atoms with Crippen molar-refractivity contribution in [3.8, 4) is 0 Å². The molecule has 16 heavy (non-hydrogen) atoms. The van der Waals surface area contributed by atoms with Crippen LogP contribution < -0.4 is 5.73 Å². The van der Waals surface area contributed by atoms with Gasteiger partial charge in [0.05, 0.1) is 0 Å². The minimum Gasteiger partial charge on any atom is -0.346 e. The highest BCUT2D eigenvalue weighted by Crippen LogP contribution is 2.64. The Morgan fingerprint density at radius 3 is 2.88 bits per heavy atom. The number of pyridine rings is 1. The Morgan fingerprint density at radius 2 is 2.25 bits per heavy atom. The summed E-state index contributed by atoms with van der Waals surface area (Å²) in [5.41, 5.74) is 8.75. The van der Waals surface area contributed by atoms with Gasteiger partial charge in [-0.1, -0.05) is 13.8 Å². The first-order valence-electron chi connectivity index (χ1n) is 5.73. The summed E-state index contributed by atoms with van der Waals surface area (Å²) in [7, 11) is 0. The van der Waals surface area contributed by atoms with E-state index >= 15 is 0 Å². The van der Waals surface area contributed by atoms with Gasteiger partial charge in [-0.2, -0.15) is 0 Å². The van der Waals surface area contributed by atoms with Crippen molar-refractivity contribution in [2.75, 3.05) is 6.54 Å². The van der Waals surface area contributed by atoms with Crippen LogP contribution in [0.2, 0.25) is 0 Å². The third-order valence-electron chi connectivity index (χ3n) is 4.23. The minimum absolute atomic E-state index is 0.147. The number of rotatable bonds is 2. The van der Waals surface area contributed by atoms with Crippen molar-refractivity contribution in [2.45, 2.75) is 25.7 Å². The second-order valence-electron chi connectivity index (χ2n) is 5.45. The first-order valence-corrected chi connectivity index (χ1v) is 5.73. The fourth-order valence-electron chi connectivity index (χ4n) is 2.98. The molecular weight excluding hydrogens is 198 g/mol. The molecule has 2 heterocycles. The molecule has 3 N–H and O–H groups in total. The average molecular weight is 215 g/mol. The zero-order valence-electron chi connectivity index (χ0n) is 9.75. The summed E-state index contributed by atoms with van der Waals surface area (Å²) >= 11 is 0. The monoisotopic (exact) mass is 215 g/mol. The van der Waals surface area contributed by atoms with Gasteiger partial charge in [0.25, 0.3) is 0 Å². The van der Waals surface area contributed by atoms with Gasteiger partial charge >= 0.3 is 0 Å². The van der Waals surface area contributed by atoms with E-state index < -0.39 is 0 Å². The first kappa shape index (κ1) is 9.85. The molecule has 2 aromatic heterocycles. The highest BCUT2D eigenvalue weighted by molar-refractivity contribution is 5.82. The van der Waals surface area contributed by atoms with Crippen molar-refractivity contribution in [1.82, 2.24) is 9.97 Å². The summed E-state index contributed by atoms with van der Waals surface area (Å²) < 4.78 is 0. The number of nitrogens with zero attached hydrogens (tertiary/aromatic N) is 1. The topological polar surface area (TPSA) is 54.7 Å². The standard InChI is InChI=1S/C13H17N3/c1-12(2)7-13(12,8-14)10-6-16-11-9(10)4-3-5-15-11/h3-6H,7-8,14H2,1-2H3,(H,15,16). The number of aromatic amines is 1. The van der Waals surface area contributed by atoms with E-state index in [2.05, 4.69) is 36.1 Å². The number of aromatic nitrogens is 2. The van der Waals surface area contributed by atoms with Crippen LogP contribution in [0.25, 0.3) is 11.0 Å². The number of H-pyrrole nitrogens is 1. The molecule has 3 heteroatoms. The SMILES string of the molecule is CC1(C)CC1(CN)c1c[nH]c2ncccc12. The molecule has 1 saturated carbocycles. The molecule has 0 spiro atoms. The maximum atomic E-state index is 5.99. The maximum absolute atomic E-state index is 5.99. The fourth-order valence-corrected chi connectivity index (χ4v) is 2.98. The molecule has 2 aromatic rings. The maximum Gasteiger partial charge on any atom is 0.137 e. The Labute approximate surface area is 95.1 Å². The number of nitrogens with one attached hydrogen (secondary N) is 1. The quantitative estimate of drug-likeness (QED) is 0.806. The Morgan fingerprint density at radius 1 is 1.50 bits per heavy atom. The second-order valence-corrected chi connectivity index (χ2v) is 5.45. The van der Waals surface area contributed by atoms with Crippen LogP contribution in [0.5, 0.6) is 0 Å². The zero-order valence-corrected chi connectivity index (χ0v) is 9.75. The lowest BCUT2D eigenvalue weighted by Crippen LogP contribution is -2.25. The molecule has 0 amide bonds. The van der Waals surface area contributed by atoms with E-state index in [1.165, 1.54) is 17.4 Å². The van der Waals surface area contributed by atoms with Crippen molar-refractivity contribution in [2.24, 2.45) is 11.1 Å². The van der Waals surface area contributed by atoms with Crippen molar-refractivity contribution >= 4 is 11.0 Å². The highest BCUT2D eigenvalue weighted by atomic mass is 14.9. The molecule has 0 radical (unpaired) electrons. The number of hydrogen-bond acceptors (Lipinski definition) is 2. The largest absolute Gasteiger partial charge is 0.346 e. The van der Waals surface area contributed by atoms with Crippen LogP contribution in [-0.2, 0) is 5.41 Å². The van der Waals surface area contributed by atoms with Crippen molar-refractivity contribution < 1.29 is 0 Å². The van der Waals surface area contributed by atoms with Gasteiger partial charge in [-0.25, -0.2) is 4.98 Å². The van der Waals surface area contributed by atoms with Crippen molar-refractivity contribution in [3.05, 3.63) is 30.1 Å². The Balaban J connectivity index is 2.20. The van der Waals surface area contributed by atoms with E-state index in [-0.39, 0.29) is 5.41 Å². The minimum atomic E-state index is 0.147. The van der Waals surface area contributed by atoms with Crippen molar-refractivity contribution in [1.29, 1.82) is 0 Å². The molecule has 0 saturated heterocycles. The summed E-state index contributed by atoms with van der Waals surface area (Å²) in [4.78, 5) is 7.57. The summed E-state index contributed by atoms with van der Waals surface area (Å²) in [6.07, 6.45) is 5.06. The highest BCUT2D eigenvalue weighted by Gasteiger charge is 2.61. The van der Waals surface area contributed by atoms with Gasteiger partial charge < -0.3 is 10.7 Å². The van der Waals surface area contributed by atoms with Gasteiger partial charge in [-0.05, 0) is 29.5 Å². The van der Waals surface area contributed by atoms with E-state index in [4.69, 9.17) is 5.73 Å². The molecule has 0 aliphatic heterocycles. The Bertz CT molecular complexity index is 541. The van der Waals surface area contributed by atoms with Crippen molar-refractivity contribution in [3.63, 3.8) is 0 Å². The lowest BCUT2D eigenvalue weighted by atomic mass is 9.88. The first-order chi connectivity index (χ1) is 7.61. The zero-order chi connectivity index (χ0) is 11.4. The van der Waals surface area contributed by atoms with E-state index in [9.17, 15) is 0 Å². The second kappa shape index (κ2) is 2.86. The van der Waals surface area contributed by atoms with Gasteiger partial charge in [-0.15, -0.1) is 0 Å². The van der Waals surface area contributed by atoms with Gasteiger partial charge in [0, 0.05) is 29.7 Å². The third kappa shape index (κ3) is 1.04. The van der Waals surface area contributed by atoms with Crippen LogP contribution in [0, 0.1) is 5.41 Å². The van der Waals surface area contributed by atoms with Gasteiger partial charge in [0.1, 0.15) is 5.65 Å². The molecular formula is C13H17N3. The van der Waals surface area contributed by atoms with Crippen LogP contribution in [0.3, 0.4) is 0 Å². The van der Waals surface area contributed by atoms with Gasteiger partial charge in [0.15, 0.2) is 0 Å². The molecule has 3 nitrogen and oxygen atoms in total. The lowest BCUT2D eigenvalue weighted by molar-refractivity contribution is 0.505. The number of hydrogen-bond donors (Lipinski definition) is 2. The molecule has 3 rings (SSSR count). The van der Waals surface area contributed by atoms with Gasteiger partial charge in [0.2, 0.25) is 0 Å². The Kier molecular flexibility index (Phi) is 1.76. The normalized spacial score (nSPS) is 27.2. The van der Waals surface area contributed by atoms with Gasteiger partial charge in [-0.3, -0.25) is 0 Å². The smallest absolute Gasteiger partial charge is 0.137 e. The molecule has 1 unspecified atom stereocenters. The van der Waals surface area contributed by atoms with E-state index in [1.807, 2.05) is 12.3 Å². The summed E-state index contributed by atoms with van der Waals surface area (Å²) in [6.45, 7) is 5.28. The van der Waals surface area contributed by atoms with Crippen LogP contribution >= 0.6 is 0 Å². The molecule has 1 aliphatic rings. The van der Waals surface area contributed by atoms with E-state index in [0.717, 1.165) is 5.65 Å². The predicted molar refractivity (Wildman–Crippen MR) is 65.2 cm³/mol. The Hall–Kier alpha value is -1.35. The van der Waals surface area contributed by atoms with Crippen LogP contribution in [0.1, 0.15) is 25.8 Å². The lowest BCUT2D eigenvalue weighted by Gasteiger charge is -2.17. The molecule has 0 bridgehead atoms. The van der Waals surface area contributed by atoms with Crippen LogP contribution in [-0.4, -0.2) is 16.5 Å². The molecule has 0 aromatic carbocycles. The summed E-state index contributed by atoms with van der Waals surface area (Å²) in [6, 6.07) is 4.11. The average Bonchev–Trinajstić information content (AvgIpc) is 2.67. The molecule has 1 atom stereocenters. The fraction of sp³-hybridized carbons (Fsp3) is 0.462. The number of nitrogens with two attached hydrogens (primary N) is 1. The van der Waals surface area contributed by atoms with E-state index in [0.29, 0.717) is 12.0 Å². The predicted octanol–water partition coefficient (Wildman–Crippen LogP) is 2.19. The van der Waals surface area contributed by atoms with E-state index in [1.54, 1.807) is 0 Å². The summed E-state index contributed by atoms with van der Waals surface area (Å²) in [5.74, 6) is 0. The number of fused-ring (bicyclic) bond motifs is 1.